The maximum Gasteiger partial charge on any atom is 0.368 e. The molecule has 27 heavy (non-hydrogen) atoms. The molecule has 2 amide bonds. The molecule has 1 aliphatic rings. The molecule has 3 aromatic rings. The first kappa shape index (κ1) is 17.2. The van der Waals surface area contributed by atoms with Gasteiger partial charge in [0, 0.05) is 28.4 Å². The van der Waals surface area contributed by atoms with Gasteiger partial charge in [-0.05, 0) is 30.3 Å². The Bertz CT molecular complexity index is 1130. The number of nitrogens with one attached hydrogen (secondary N) is 1. The van der Waals surface area contributed by atoms with Crippen molar-refractivity contribution in [2.75, 3.05) is 5.32 Å². The highest BCUT2D eigenvalue weighted by molar-refractivity contribution is 6.31. The van der Waals surface area contributed by atoms with Gasteiger partial charge in [-0.15, -0.1) is 0 Å². The number of halogens is 1. The number of fused-ring (bicyclic) bond motifs is 1. The average molecular weight is 378 g/mol. The second-order valence-corrected chi connectivity index (χ2v) is 6.46. The van der Waals surface area contributed by atoms with E-state index in [4.69, 9.17) is 16.3 Å². The lowest BCUT2D eigenvalue weighted by Gasteiger charge is -2.13. The van der Waals surface area contributed by atoms with Crippen molar-refractivity contribution in [3.8, 4) is 5.75 Å². The van der Waals surface area contributed by atoms with Crippen LogP contribution in [0.1, 0.15) is 11.1 Å². The Morgan fingerprint density at radius 3 is 2.48 bits per heavy atom. The van der Waals surface area contributed by atoms with E-state index in [1.807, 2.05) is 60.7 Å². The number of hydrogen-bond acceptors (Lipinski definition) is 3. The van der Waals surface area contributed by atoms with Gasteiger partial charge in [0.15, 0.2) is 0 Å². The first-order valence-corrected chi connectivity index (χ1v) is 8.86. The summed E-state index contributed by atoms with van der Waals surface area (Å²) in [7, 11) is 0. The van der Waals surface area contributed by atoms with E-state index >= 15 is 0 Å². The van der Waals surface area contributed by atoms with Crippen molar-refractivity contribution in [1.82, 2.24) is 0 Å². The van der Waals surface area contributed by atoms with Crippen molar-refractivity contribution in [3.63, 3.8) is 0 Å². The van der Waals surface area contributed by atoms with Gasteiger partial charge >= 0.3 is 6.03 Å². The van der Waals surface area contributed by atoms with Gasteiger partial charge in [-0.1, -0.05) is 48.0 Å². The van der Waals surface area contributed by atoms with Crippen LogP contribution in [0.15, 0.2) is 76.7 Å². The van der Waals surface area contributed by atoms with Crippen LogP contribution in [0.2, 0.25) is 5.02 Å². The van der Waals surface area contributed by atoms with E-state index in [1.54, 1.807) is 6.07 Å². The van der Waals surface area contributed by atoms with Crippen LogP contribution in [0.5, 0.6) is 5.75 Å². The Balaban J connectivity index is 1.47. The van der Waals surface area contributed by atoms with Gasteiger partial charge in [0.1, 0.15) is 12.4 Å². The summed E-state index contributed by atoms with van der Waals surface area (Å²) in [6.45, 7) is 0.973. The van der Waals surface area contributed by atoms with E-state index in [2.05, 4.69) is 15.3 Å². The Morgan fingerprint density at radius 2 is 1.63 bits per heavy atom. The molecule has 134 valence electrons. The Labute approximate surface area is 161 Å². The fraction of sp³-hybridized carbons (Fsp3) is 0.0952. The number of amides is 2. The maximum absolute atomic E-state index is 11.3. The summed E-state index contributed by atoms with van der Waals surface area (Å²) in [6.07, 6.45) is 0. The fourth-order valence-corrected chi connectivity index (χ4v) is 3.00. The van der Waals surface area contributed by atoms with Gasteiger partial charge in [0.05, 0.1) is 10.7 Å². The van der Waals surface area contributed by atoms with E-state index < -0.39 is 6.03 Å². The van der Waals surface area contributed by atoms with E-state index in [-0.39, 0.29) is 0 Å². The molecule has 4 rings (SSSR count). The number of hydrogen-bond donors (Lipinski definition) is 1. The zero-order valence-corrected chi connectivity index (χ0v) is 15.1. The van der Waals surface area contributed by atoms with Crippen molar-refractivity contribution < 1.29 is 9.53 Å². The van der Waals surface area contributed by atoms with Gasteiger partial charge < -0.3 is 10.1 Å². The first-order valence-electron chi connectivity index (χ1n) is 8.48. The number of carbonyl (C=O) groups excluding carboxylic acids is 1. The summed E-state index contributed by atoms with van der Waals surface area (Å²) in [4.78, 5) is 19.0. The third kappa shape index (κ3) is 3.99. The number of urea groups is 1. The largest absolute Gasteiger partial charge is 0.488 e. The zero-order chi connectivity index (χ0) is 18.6. The lowest BCUT2D eigenvalue weighted by Crippen LogP contribution is -2.21. The van der Waals surface area contributed by atoms with E-state index in [9.17, 15) is 4.79 Å². The minimum absolute atomic E-state index is 0.401. The summed E-state index contributed by atoms with van der Waals surface area (Å²) in [5.74, 6) is 0.793. The molecule has 0 saturated heterocycles. The van der Waals surface area contributed by atoms with Gasteiger partial charge in [0.25, 0.3) is 0 Å². The smallest absolute Gasteiger partial charge is 0.368 e. The van der Waals surface area contributed by atoms with E-state index in [1.165, 1.54) is 0 Å². The topological polar surface area (TPSA) is 63.0 Å². The van der Waals surface area contributed by atoms with Gasteiger partial charge in [-0.2, -0.15) is 9.98 Å². The summed E-state index contributed by atoms with van der Waals surface area (Å²) in [5, 5.41) is 5.22. The molecule has 0 spiro atoms. The summed E-state index contributed by atoms with van der Waals surface area (Å²) < 4.78 is 5.98. The molecule has 1 N–H and O–H groups in total. The molecular weight excluding hydrogens is 362 g/mol. The van der Waals surface area contributed by atoms with Crippen molar-refractivity contribution in [3.05, 3.63) is 93.6 Å². The molecule has 5 nitrogen and oxygen atoms in total. The molecule has 0 fully saturated rings. The molecule has 0 saturated carbocycles. The molecule has 0 radical (unpaired) electrons. The molecule has 0 unspecified atom stereocenters. The quantitative estimate of drug-likeness (QED) is 0.708. The number of ether oxygens (including phenoxy) is 1. The summed E-state index contributed by atoms with van der Waals surface area (Å²) in [5.41, 5.74) is 2.82. The van der Waals surface area contributed by atoms with Crippen LogP contribution in [-0.2, 0) is 13.2 Å². The fourth-order valence-electron chi connectivity index (χ4n) is 2.81. The lowest BCUT2D eigenvalue weighted by atomic mass is 10.2. The third-order valence-electron chi connectivity index (χ3n) is 4.20. The van der Waals surface area contributed by atoms with Crippen LogP contribution >= 0.6 is 11.6 Å². The highest BCUT2D eigenvalue weighted by Crippen LogP contribution is 2.22. The number of anilines is 1. The molecule has 0 aromatic heterocycles. The first-order chi connectivity index (χ1) is 13.2. The second-order valence-electron chi connectivity index (χ2n) is 6.05. The zero-order valence-electron chi connectivity index (χ0n) is 14.4. The van der Waals surface area contributed by atoms with Crippen molar-refractivity contribution in [2.45, 2.75) is 13.2 Å². The minimum atomic E-state index is -0.458. The standard InChI is InChI=1S/C21H16ClN3O2/c22-17-7-3-1-6-15(17)13-27-20-8-4-2-5-14(20)12-23-16-9-10-18-19(11-16)25-21(26)24-18/h1-11,23H,12-13H2. The number of nitrogens with zero attached hydrogens (tertiary/aromatic N) is 2. The molecule has 1 heterocycles. The normalized spacial score (nSPS) is 12.1. The Hall–Kier alpha value is -3.18. The molecule has 1 aliphatic heterocycles. The maximum atomic E-state index is 11.3. The predicted octanol–water partition coefficient (Wildman–Crippen LogP) is 3.90. The average Bonchev–Trinajstić information content (AvgIpc) is 3.05. The number of benzene rings is 3. The Morgan fingerprint density at radius 1 is 0.889 bits per heavy atom. The lowest BCUT2D eigenvalue weighted by molar-refractivity contribution is 0.256. The van der Waals surface area contributed by atoms with Crippen LogP contribution in [0.4, 0.5) is 10.5 Å². The summed E-state index contributed by atoms with van der Waals surface area (Å²) in [6, 6.07) is 20.5. The Kier molecular flexibility index (Phi) is 4.85. The van der Waals surface area contributed by atoms with Crippen molar-refractivity contribution >= 4 is 23.3 Å². The van der Waals surface area contributed by atoms with Crippen LogP contribution < -0.4 is 20.8 Å². The van der Waals surface area contributed by atoms with Gasteiger partial charge in [0.2, 0.25) is 0 Å². The minimum Gasteiger partial charge on any atom is -0.488 e. The molecule has 0 atom stereocenters. The SMILES string of the molecule is O=C1N=c2ccc(NCc3ccccc3OCc3ccccc3Cl)cc2=N1. The third-order valence-corrected chi connectivity index (χ3v) is 4.57. The van der Waals surface area contributed by atoms with E-state index in [0.717, 1.165) is 22.6 Å². The summed E-state index contributed by atoms with van der Waals surface area (Å²) >= 11 is 6.20. The van der Waals surface area contributed by atoms with Crippen LogP contribution in [0.25, 0.3) is 0 Å². The van der Waals surface area contributed by atoms with Crippen molar-refractivity contribution in [1.29, 1.82) is 0 Å². The predicted molar refractivity (Wildman–Crippen MR) is 104 cm³/mol. The monoisotopic (exact) mass is 377 g/mol. The highest BCUT2D eigenvalue weighted by atomic mass is 35.5. The van der Waals surface area contributed by atoms with Crippen LogP contribution in [0.3, 0.4) is 0 Å². The number of para-hydroxylation sites is 1. The van der Waals surface area contributed by atoms with Crippen LogP contribution in [-0.4, -0.2) is 6.03 Å². The molecular formula is C21H16ClN3O2. The highest BCUT2D eigenvalue weighted by Gasteiger charge is 2.07. The molecule has 3 aromatic carbocycles. The van der Waals surface area contributed by atoms with Crippen LogP contribution in [0, 0.1) is 0 Å². The van der Waals surface area contributed by atoms with Gasteiger partial charge in [-0.3, -0.25) is 0 Å². The molecule has 0 bridgehead atoms. The number of rotatable bonds is 6. The van der Waals surface area contributed by atoms with E-state index in [0.29, 0.717) is 28.9 Å². The second kappa shape index (κ2) is 7.60. The van der Waals surface area contributed by atoms with Gasteiger partial charge in [-0.25, -0.2) is 4.79 Å². The molecule has 0 aliphatic carbocycles. The molecule has 6 heteroatoms. The number of carbonyl (C=O) groups is 1. The van der Waals surface area contributed by atoms with Crippen molar-refractivity contribution in [2.24, 2.45) is 9.98 Å².